The minimum absolute atomic E-state index is 0.207. The van der Waals surface area contributed by atoms with Gasteiger partial charge in [0.2, 0.25) is 0 Å². The molecular formula is C10H10BrN3O3. The highest BCUT2D eigenvalue weighted by molar-refractivity contribution is 9.10. The monoisotopic (exact) mass is 299 g/mol. The second-order valence-corrected chi connectivity index (χ2v) is 4.29. The predicted molar refractivity (Wildman–Crippen MR) is 65.1 cm³/mol. The number of ether oxygens (including phenoxy) is 1. The van der Waals surface area contributed by atoms with E-state index in [0.717, 1.165) is 9.04 Å². The molecule has 7 heteroatoms. The van der Waals surface area contributed by atoms with E-state index in [9.17, 15) is 9.59 Å². The number of aryl methyl sites for hydroxylation is 1. The summed E-state index contributed by atoms with van der Waals surface area (Å²) in [5.41, 5.74) is 0.389. The number of nitrogens with zero attached hydrogens (tertiary/aromatic N) is 3. The van der Waals surface area contributed by atoms with Gasteiger partial charge in [0.05, 0.1) is 12.1 Å². The molecule has 0 aliphatic carbocycles. The van der Waals surface area contributed by atoms with Gasteiger partial charge in [0.15, 0.2) is 5.65 Å². The van der Waals surface area contributed by atoms with E-state index in [2.05, 4.69) is 20.9 Å². The third kappa shape index (κ3) is 1.86. The minimum Gasteiger partial charge on any atom is -0.449 e. The van der Waals surface area contributed by atoms with E-state index in [-0.39, 0.29) is 6.61 Å². The van der Waals surface area contributed by atoms with Crippen LogP contribution in [0.5, 0.6) is 0 Å². The molecule has 6 nitrogen and oxygen atoms in total. The maximum Gasteiger partial charge on any atom is 0.424 e. The van der Waals surface area contributed by atoms with Gasteiger partial charge in [-0.15, -0.1) is 0 Å². The van der Waals surface area contributed by atoms with Gasteiger partial charge in [-0.1, -0.05) is 0 Å². The van der Waals surface area contributed by atoms with Gasteiger partial charge < -0.3 is 4.74 Å². The molecular weight excluding hydrogens is 290 g/mol. The molecule has 90 valence electrons. The Morgan fingerprint density at radius 2 is 2.29 bits per heavy atom. The van der Waals surface area contributed by atoms with Crippen molar-refractivity contribution >= 4 is 33.2 Å². The molecule has 0 amide bonds. The number of pyridine rings is 1. The molecule has 2 rings (SSSR count). The Morgan fingerprint density at radius 3 is 2.94 bits per heavy atom. The molecule has 0 N–H and O–H groups in total. The number of hydrogen-bond acceptors (Lipinski definition) is 4. The smallest absolute Gasteiger partial charge is 0.424 e. The van der Waals surface area contributed by atoms with E-state index in [1.807, 2.05) is 0 Å². The SMILES string of the molecule is CCOC(=O)n1c(=O)n(C)c2cc(Br)cnc21. The zero-order valence-electron chi connectivity index (χ0n) is 9.31. The summed E-state index contributed by atoms with van der Waals surface area (Å²) in [6, 6.07) is 1.72. The lowest BCUT2D eigenvalue weighted by atomic mass is 10.4. The first-order valence-corrected chi connectivity index (χ1v) is 5.75. The molecule has 0 saturated heterocycles. The number of hydrogen-bond donors (Lipinski definition) is 0. The maximum atomic E-state index is 11.9. The lowest BCUT2D eigenvalue weighted by Gasteiger charge is -2.00. The van der Waals surface area contributed by atoms with Gasteiger partial charge in [0.25, 0.3) is 0 Å². The van der Waals surface area contributed by atoms with Crippen LogP contribution in [0.15, 0.2) is 21.5 Å². The van der Waals surface area contributed by atoms with Crippen LogP contribution in [0.4, 0.5) is 4.79 Å². The third-order valence-electron chi connectivity index (χ3n) is 2.32. The zero-order valence-corrected chi connectivity index (χ0v) is 10.9. The van der Waals surface area contributed by atoms with Crippen LogP contribution in [0, 0.1) is 0 Å². The molecule has 17 heavy (non-hydrogen) atoms. The topological polar surface area (TPSA) is 66.1 Å². The number of rotatable bonds is 1. The van der Waals surface area contributed by atoms with Crippen molar-refractivity contribution in [1.82, 2.24) is 14.1 Å². The van der Waals surface area contributed by atoms with Crippen LogP contribution < -0.4 is 5.69 Å². The Bertz CT molecular complexity index is 644. The number of halogens is 1. The quantitative estimate of drug-likeness (QED) is 0.800. The van der Waals surface area contributed by atoms with Gasteiger partial charge in [-0.05, 0) is 28.9 Å². The molecule has 0 aromatic carbocycles. The summed E-state index contributed by atoms with van der Waals surface area (Å²) >= 11 is 3.26. The van der Waals surface area contributed by atoms with Gasteiger partial charge in [0, 0.05) is 17.7 Å². The van der Waals surface area contributed by atoms with Gasteiger partial charge in [-0.25, -0.2) is 14.6 Å². The second-order valence-electron chi connectivity index (χ2n) is 3.37. The lowest BCUT2D eigenvalue weighted by molar-refractivity contribution is 0.153. The number of carbonyl (C=O) groups excluding carboxylic acids is 1. The molecule has 0 atom stereocenters. The summed E-state index contributed by atoms with van der Waals surface area (Å²) in [5.74, 6) is 0. The van der Waals surface area contributed by atoms with Crippen LogP contribution in [0.3, 0.4) is 0 Å². The summed E-state index contributed by atoms with van der Waals surface area (Å²) < 4.78 is 7.83. The summed E-state index contributed by atoms with van der Waals surface area (Å²) in [4.78, 5) is 27.6. The zero-order chi connectivity index (χ0) is 12.6. The van der Waals surface area contributed by atoms with E-state index in [1.54, 1.807) is 20.0 Å². The molecule has 0 radical (unpaired) electrons. The van der Waals surface area contributed by atoms with Gasteiger partial charge >= 0.3 is 11.8 Å². The summed E-state index contributed by atoms with van der Waals surface area (Å²) in [7, 11) is 1.58. The van der Waals surface area contributed by atoms with E-state index in [1.165, 1.54) is 10.8 Å². The fourth-order valence-electron chi connectivity index (χ4n) is 1.54. The first kappa shape index (κ1) is 11.8. The average molecular weight is 300 g/mol. The Hall–Kier alpha value is -1.63. The van der Waals surface area contributed by atoms with Crippen LogP contribution >= 0.6 is 15.9 Å². The van der Waals surface area contributed by atoms with Crippen LogP contribution in [0.2, 0.25) is 0 Å². The van der Waals surface area contributed by atoms with E-state index in [4.69, 9.17) is 4.74 Å². The van der Waals surface area contributed by atoms with Crippen LogP contribution in [0.25, 0.3) is 11.2 Å². The first-order chi connectivity index (χ1) is 8.06. The molecule has 0 aliphatic heterocycles. The Kier molecular flexibility index (Phi) is 3.01. The van der Waals surface area contributed by atoms with E-state index < -0.39 is 11.8 Å². The summed E-state index contributed by atoms with van der Waals surface area (Å²) in [6.45, 7) is 1.89. The summed E-state index contributed by atoms with van der Waals surface area (Å²) in [6.07, 6.45) is 0.815. The van der Waals surface area contributed by atoms with Crippen LogP contribution in [-0.2, 0) is 11.8 Å². The van der Waals surface area contributed by atoms with Crippen molar-refractivity contribution < 1.29 is 9.53 Å². The normalized spacial score (nSPS) is 10.8. The van der Waals surface area contributed by atoms with Crippen molar-refractivity contribution in [3.8, 4) is 0 Å². The van der Waals surface area contributed by atoms with E-state index in [0.29, 0.717) is 11.2 Å². The Labute approximate surface area is 105 Å². The van der Waals surface area contributed by atoms with Crippen molar-refractivity contribution in [1.29, 1.82) is 0 Å². The Balaban J connectivity index is 2.76. The molecule has 0 saturated carbocycles. The molecule has 0 unspecified atom stereocenters. The average Bonchev–Trinajstić information content (AvgIpc) is 2.53. The van der Waals surface area contributed by atoms with Gasteiger partial charge in [-0.3, -0.25) is 4.57 Å². The highest BCUT2D eigenvalue weighted by atomic mass is 79.9. The fourth-order valence-corrected chi connectivity index (χ4v) is 1.86. The maximum absolute atomic E-state index is 11.9. The van der Waals surface area contributed by atoms with Crippen molar-refractivity contribution in [2.75, 3.05) is 6.61 Å². The molecule has 0 fully saturated rings. The van der Waals surface area contributed by atoms with Gasteiger partial charge in [0.1, 0.15) is 0 Å². The standard InChI is InChI=1S/C10H10BrN3O3/c1-3-17-10(16)14-8-7(13(2)9(14)15)4-6(11)5-12-8/h4-5H,3H2,1-2H3. The first-order valence-electron chi connectivity index (χ1n) is 4.96. The van der Waals surface area contributed by atoms with Crippen LogP contribution in [-0.4, -0.2) is 26.8 Å². The highest BCUT2D eigenvalue weighted by Gasteiger charge is 2.18. The largest absolute Gasteiger partial charge is 0.449 e. The number of carbonyl (C=O) groups is 1. The van der Waals surface area contributed by atoms with E-state index >= 15 is 0 Å². The molecule has 0 bridgehead atoms. The van der Waals surface area contributed by atoms with Gasteiger partial charge in [-0.2, -0.15) is 4.57 Å². The van der Waals surface area contributed by atoms with Crippen molar-refractivity contribution in [2.45, 2.75) is 6.92 Å². The Morgan fingerprint density at radius 1 is 1.59 bits per heavy atom. The molecule has 0 aliphatic rings. The molecule has 2 heterocycles. The fraction of sp³-hybridized carbons (Fsp3) is 0.300. The molecule has 0 spiro atoms. The summed E-state index contributed by atoms with van der Waals surface area (Å²) in [5, 5.41) is 0. The number of aromatic nitrogens is 3. The second kappa shape index (κ2) is 4.33. The van der Waals surface area contributed by atoms with Crippen molar-refractivity contribution in [3.63, 3.8) is 0 Å². The lowest BCUT2D eigenvalue weighted by Crippen LogP contribution is -2.28. The highest BCUT2D eigenvalue weighted by Crippen LogP contribution is 2.15. The van der Waals surface area contributed by atoms with Crippen molar-refractivity contribution in [2.24, 2.45) is 7.05 Å². The number of imidazole rings is 1. The van der Waals surface area contributed by atoms with Crippen LogP contribution in [0.1, 0.15) is 6.92 Å². The number of fused-ring (bicyclic) bond motifs is 1. The molecule has 2 aromatic rings. The molecule has 2 aromatic heterocycles. The third-order valence-corrected chi connectivity index (χ3v) is 2.75. The predicted octanol–water partition coefficient (Wildman–Crippen LogP) is 1.50. The van der Waals surface area contributed by atoms with Crippen molar-refractivity contribution in [3.05, 3.63) is 27.2 Å². The minimum atomic E-state index is -0.710.